The lowest BCUT2D eigenvalue weighted by Crippen LogP contribution is -2.39. The van der Waals surface area contributed by atoms with E-state index in [1.54, 1.807) is 6.07 Å². The first-order valence-electron chi connectivity index (χ1n) is 5.90. The first-order chi connectivity index (χ1) is 9.09. The molecule has 6 heteroatoms. The molecule has 2 aliphatic rings. The first-order valence-corrected chi connectivity index (χ1v) is 5.90. The summed E-state index contributed by atoms with van der Waals surface area (Å²) in [6, 6.07) is 3.11. The maximum atomic E-state index is 11.9. The Balaban J connectivity index is 2.06. The molecule has 0 saturated heterocycles. The third-order valence-corrected chi connectivity index (χ3v) is 3.38. The molecule has 6 nitrogen and oxygen atoms in total. The first kappa shape index (κ1) is 11.8. The SMILES string of the molecule is COC(=O)c1cc2c(cc1OC)OC1(CC1)C(=O)N2. The number of rotatable bonds is 2. The van der Waals surface area contributed by atoms with E-state index in [0.29, 0.717) is 30.0 Å². The highest BCUT2D eigenvalue weighted by atomic mass is 16.5. The standard InChI is InChI=1S/C13H13NO5/c1-17-9-6-10-8(5-7(9)11(15)18-2)14-12(16)13(19-10)3-4-13/h5-6H,3-4H2,1-2H3,(H,14,16). The van der Waals surface area contributed by atoms with E-state index in [0.717, 1.165) is 0 Å². The van der Waals surface area contributed by atoms with Crippen LogP contribution in [-0.2, 0) is 9.53 Å². The Morgan fingerprint density at radius 1 is 1.37 bits per heavy atom. The molecule has 1 aliphatic heterocycles. The van der Waals surface area contributed by atoms with Crippen molar-refractivity contribution in [1.82, 2.24) is 0 Å². The van der Waals surface area contributed by atoms with Crippen molar-refractivity contribution < 1.29 is 23.8 Å². The van der Waals surface area contributed by atoms with Gasteiger partial charge in [-0.15, -0.1) is 0 Å². The summed E-state index contributed by atoms with van der Waals surface area (Å²) < 4.78 is 15.5. The number of carbonyl (C=O) groups is 2. The molecule has 1 fully saturated rings. The smallest absolute Gasteiger partial charge is 0.341 e. The van der Waals surface area contributed by atoms with Crippen molar-refractivity contribution in [3.05, 3.63) is 17.7 Å². The van der Waals surface area contributed by atoms with Gasteiger partial charge in [-0.25, -0.2) is 4.79 Å². The van der Waals surface area contributed by atoms with Crippen molar-refractivity contribution >= 4 is 17.6 Å². The fraction of sp³-hybridized carbons (Fsp3) is 0.385. The molecular formula is C13H13NO5. The van der Waals surface area contributed by atoms with Crippen molar-refractivity contribution in [2.75, 3.05) is 19.5 Å². The molecule has 100 valence electrons. The molecule has 3 rings (SSSR count). The number of fused-ring (bicyclic) bond motifs is 1. The van der Waals surface area contributed by atoms with E-state index in [9.17, 15) is 9.59 Å². The third-order valence-electron chi connectivity index (χ3n) is 3.38. The number of hydrogen-bond acceptors (Lipinski definition) is 5. The molecule has 1 heterocycles. The van der Waals surface area contributed by atoms with Gasteiger partial charge in [-0.1, -0.05) is 0 Å². The highest BCUT2D eigenvalue weighted by Gasteiger charge is 2.55. The zero-order valence-electron chi connectivity index (χ0n) is 10.6. The molecule has 1 aromatic carbocycles. The molecule has 1 spiro atoms. The average molecular weight is 263 g/mol. The fourth-order valence-electron chi connectivity index (χ4n) is 2.12. The van der Waals surface area contributed by atoms with Crippen molar-refractivity contribution in [1.29, 1.82) is 0 Å². The second kappa shape index (κ2) is 3.88. The largest absolute Gasteiger partial charge is 0.496 e. The number of benzene rings is 1. The topological polar surface area (TPSA) is 73.9 Å². The fourth-order valence-corrected chi connectivity index (χ4v) is 2.12. The summed E-state index contributed by atoms with van der Waals surface area (Å²) in [6.07, 6.45) is 1.42. The van der Waals surface area contributed by atoms with E-state index in [1.807, 2.05) is 0 Å². The normalized spacial score (nSPS) is 18.1. The molecule has 0 radical (unpaired) electrons. The van der Waals surface area contributed by atoms with Crippen LogP contribution in [0.1, 0.15) is 23.2 Å². The predicted octanol–water partition coefficient (Wildman–Crippen LogP) is 1.35. The van der Waals surface area contributed by atoms with Crippen LogP contribution in [0.25, 0.3) is 0 Å². The van der Waals surface area contributed by atoms with Crippen molar-refractivity contribution in [3.63, 3.8) is 0 Å². The second-order valence-electron chi connectivity index (χ2n) is 4.59. The zero-order chi connectivity index (χ0) is 13.6. The number of methoxy groups -OCH3 is 2. The van der Waals surface area contributed by atoms with E-state index in [-0.39, 0.29) is 11.5 Å². The lowest BCUT2D eigenvalue weighted by Gasteiger charge is -2.26. The van der Waals surface area contributed by atoms with E-state index in [4.69, 9.17) is 9.47 Å². The van der Waals surface area contributed by atoms with Crippen LogP contribution in [0.2, 0.25) is 0 Å². The number of amides is 1. The molecular weight excluding hydrogens is 250 g/mol. The molecule has 0 unspecified atom stereocenters. The summed E-state index contributed by atoms with van der Waals surface area (Å²) in [4.78, 5) is 23.5. The number of hydrogen-bond donors (Lipinski definition) is 1. The van der Waals surface area contributed by atoms with Gasteiger partial charge < -0.3 is 19.5 Å². The van der Waals surface area contributed by atoms with Gasteiger partial charge in [0, 0.05) is 18.9 Å². The Morgan fingerprint density at radius 3 is 2.68 bits per heavy atom. The van der Waals surface area contributed by atoms with Crippen LogP contribution in [-0.4, -0.2) is 31.7 Å². The monoisotopic (exact) mass is 263 g/mol. The van der Waals surface area contributed by atoms with E-state index in [1.165, 1.54) is 20.3 Å². The lowest BCUT2D eigenvalue weighted by molar-refractivity contribution is -0.125. The summed E-state index contributed by atoms with van der Waals surface area (Å²) >= 11 is 0. The minimum absolute atomic E-state index is 0.166. The van der Waals surface area contributed by atoms with Gasteiger partial charge in [-0.3, -0.25) is 4.79 Å². The predicted molar refractivity (Wildman–Crippen MR) is 65.6 cm³/mol. The average Bonchev–Trinajstić information content (AvgIpc) is 3.19. The van der Waals surface area contributed by atoms with Crippen LogP contribution in [0.5, 0.6) is 11.5 Å². The van der Waals surface area contributed by atoms with Crippen molar-refractivity contribution in [2.45, 2.75) is 18.4 Å². The van der Waals surface area contributed by atoms with Crippen LogP contribution in [0.4, 0.5) is 5.69 Å². The van der Waals surface area contributed by atoms with Gasteiger partial charge in [-0.05, 0) is 6.07 Å². The van der Waals surface area contributed by atoms with Crippen molar-refractivity contribution in [2.24, 2.45) is 0 Å². The van der Waals surface area contributed by atoms with Crippen LogP contribution < -0.4 is 14.8 Å². The van der Waals surface area contributed by atoms with Gasteiger partial charge in [0.1, 0.15) is 17.1 Å². The highest BCUT2D eigenvalue weighted by Crippen LogP contribution is 2.48. The van der Waals surface area contributed by atoms with Gasteiger partial charge in [0.25, 0.3) is 5.91 Å². The molecule has 0 bridgehead atoms. The molecule has 0 atom stereocenters. The summed E-state index contributed by atoms with van der Waals surface area (Å²) in [5.41, 5.74) is -0.00624. The minimum atomic E-state index is -0.717. The van der Waals surface area contributed by atoms with Gasteiger partial charge in [0.2, 0.25) is 0 Å². The van der Waals surface area contributed by atoms with E-state index >= 15 is 0 Å². The Bertz CT molecular complexity index is 577. The number of anilines is 1. The molecule has 1 amide bonds. The lowest BCUT2D eigenvalue weighted by atomic mass is 10.1. The molecule has 1 saturated carbocycles. The van der Waals surface area contributed by atoms with Gasteiger partial charge >= 0.3 is 5.97 Å². The number of esters is 1. The molecule has 1 aliphatic carbocycles. The Morgan fingerprint density at radius 2 is 2.11 bits per heavy atom. The maximum Gasteiger partial charge on any atom is 0.341 e. The number of ether oxygens (including phenoxy) is 3. The minimum Gasteiger partial charge on any atom is -0.496 e. The molecule has 1 N–H and O–H groups in total. The Hall–Kier alpha value is -2.24. The van der Waals surface area contributed by atoms with Crippen LogP contribution in [0.15, 0.2) is 12.1 Å². The van der Waals surface area contributed by atoms with Crippen LogP contribution >= 0.6 is 0 Å². The maximum absolute atomic E-state index is 11.9. The van der Waals surface area contributed by atoms with Gasteiger partial charge in [0.15, 0.2) is 5.60 Å². The summed E-state index contributed by atoms with van der Waals surface area (Å²) in [7, 11) is 2.75. The van der Waals surface area contributed by atoms with Crippen LogP contribution in [0.3, 0.4) is 0 Å². The highest BCUT2D eigenvalue weighted by molar-refractivity contribution is 6.04. The Kier molecular flexibility index (Phi) is 2.41. The summed E-state index contributed by atoms with van der Waals surface area (Å²) in [5, 5.41) is 2.76. The van der Waals surface area contributed by atoms with Gasteiger partial charge in [-0.2, -0.15) is 0 Å². The second-order valence-corrected chi connectivity index (χ2v) is 4.59. The molecule has 0 aromatic heterocycles. The van der Waals surface area contributed by atoms with Gasteiger partial charge in [0.05, 0.1) is 19.9 Å². The quantitative estimate of drug-likeness (QED) is 0.815. The van der Waals surface area contributed by atoms with E-state index < -0.39 is 11.6 Å². The van der Waals surface area contributed by atoms with Crippen LogP contribution in [0, 0.1) is 0 Å². The Labute approximate surface area is 109 Å². The molecule has 19 heavy (non-hydrogen) atoms. The summed E-state index contributed by atoms with van der Waals surface area (Å²) in [6.45, 7) is 0. The number of carbonyl (C=O) groups excluding carboxylic acids is 2. The van der Waals surface area contributed by atoms with E-state index in [2.05, 4.69) is 10.1 Å². The molecule has 1 aromatic rings. The zero-order valence-corrected chi connectivity index (χ0v) is 10.6. The third kappa shape index (κ3) is 1.71. The van der Waals surface area contributed by atoms with Crippen molar-refractivity contribution in [3.8, 4) is 11.5 Å². The number of nitrogens with one attached hydrogen (secondary N) is 1. The summed E-state index contributed by atoms with van der Waals surface area (Å²) in [5.74, 6) is 0.181.